The number of rotatable bonds is 3. The zero-order chi connectivity index (χ0) is 9.19. The summed E-state index contributed by atoms with van der Waals surface area (Å²) < 4.78 is 0. The molecule has 0 aliphatic heterocycles. The maximum Gasteiger partial charge on any atom is 0.0153 e. The average Bonchev–Trinajstić information content (AvgIpc) is 2.52. The zero-order valence-electron chi connectivity index (χ0n) is 8.34. The molecule has 0 aromatic rings. The molecular formula is C11H21N. The van der Waals surface area contributed by atoms with Crippen LogP contribution in [0.5, 0.6) is 0 Å². The summed E-state index contributed by atoms with van der Waals surface area (Å²) in [5, 5.41) is 0. The van der Waals surface area contributed by atoms with E-state index in [1.54, 1.807) is 0 Å². The highest BCUT2D eigenvalue weighted by Gasteiger charge is 2.37. The van der Waals surface area contributed by atoms with E-state index in [1.807, 2.05) is 0 Å². The number of nitrogens with two attached hydrogens (primary N) is 1. The first-order valence-corrected chi connectivity index (χ1v) is 5.01. The molecule has 0 aromatic heterocycles. The van der Waals surface area contributed by atoms with Crippen molar-refractivity contribution in [2.75, 3.05) is 0 Å². The normalized spacial score (nSPS) is 24.3. The molecule has 0 bridgehead atoms. The quantitative estimate of drug-likeness (QED) is 0.643. The molecule has 70 valence electrons. The third-order valence-electron chi connectivity index (χ3n) is 3.32. The third kappa shape index (κ3) is 1.56. The maximum atomic E-state index is 6.20. The van der Waals surface area contributed by atoms with Gasteiger partial charge in [-0.3, -0.25) is 0 Å². The summed E-state index contributed by atoms with van der Waals surface area (Å²) >= 11 is 0. The topological polar surface area (TPSA) is 26.0 Å². The van der Waals surface area contributed by atoms with E-state index in [4.69, 9.17) is 5.73 Å². The predicted octanol–water partition coefficient (Wildman–Crippen LogP) is 2.72. The molecule has 0 amide bonds. The van der Waals surface area contributed by atoms with E-state index in [2.05, 4.69) is 26.5 Å². The van der Waals surface area contributed by atoms with Crippen LogP contribution in [0.2, 0.25) is 0 Å². The molecule has 0 heterocycles. The van der Waals surface area contributed by atoms with E-state index in [-0.39, 0.29) is 5.41 Å². The van der Waals surface area contributed by atoms with Crippen molar-refractivity contribution in [1.82, 2.24) is 0 Å². The van der Waals surface area contributed by atoms with Gasteiger partial charge in [-0.15, -0.1) is 6.58 Å². The largest absolute Gasteiger partial charge is 0.327 e. The Balaban J connectivity index is 2.71. The summed E-state index contributed by atoms with van der Waals surface area (Å²) in [5.74, 6) is 0.570. The van der Waals surface area contributed by atoms with E-state index in [0.29, 0.717) is 12.0 Å². The van der Waals surface area contributed by atoms with Crippen LogP contribution in [-0.2, 0) is 0 Å². The zero-order valence-corrected chi connectivity index (χ0v) is 8.34. The minimum atomic E-state index is 0.258. The Morgan fingerprint density at radius 2 is 1.83 bits per heavy atom. The van der Waals surface area contributed by atoms with Gasteiger partial charge in [0.2, 0.25) is 0 Å². The summed E-state index contributed by atoms with van der Waals surface area (Å²) in [7, 11) is 0. The van der Waals surface area contributed by atoms with Crippen LogP contribution in [0.25, 0.3) is 0 Å². The summed E-state index contributed by atoms with van der Waals surface area (Å²) in [6.45, 7) is 8.34. The molecule has 1 unspecified atom stereocenters. The molecule has 0 spiro atoms. The second-order valence-electron chi connectivity index (χ2n) is 4.41. The molecule has 1 rings (SSSR count). The minimum Gasteiger partial charge on any atom is -0.327 e. The maximum absolute atomic E-state index is 6.20. The molecule has 1 atom stereocenters. The molecule has 1 heteroatoms. The van der Waals surface area contributed by atoms with Crippen molar-refractivity contribution in [3.05, 3.63) is 12.7 Å². The lowest BCUT2D eigenvalue weighted by Crippen LogP contribution is -2.42. The lowest BCUT2D eigenvalue weighted by Gasteiger charge is -2.34. The van der Waals surface area contributed by atoms with E-state index >= 15 is 0 Å². The summed E-state index contributed by atoms with van der Waals surface area (Å²) in [6.07, 6.45) is 7.25. The fourth-order valence-electron chi connectivity index (χ4n) is 2.37. The van der Waals surface area contributed by atoms with Gasteiger partial charge >= 0.3 is 0 Å². The second-order valence-corrected chi connectivity index (χ2v) is 4.41. The monoisotopic (exact) mass is 167 g/mol. The van der Waals surface area contributed by atoms with Crippen LogP contribution in [0.4, 0.5) is 0 Å². The first-order chi connectivity index (χ1) is 5.62. The van der Waals surface area contributed by atoms with Crippen LogP contribution in [0.3, 0.4) is 0 Å². The van der Waals surface area contributed by atoms with Crippen molar-refractivity contribution in [3.8, 4) is 0 Å². The van der Waals surface area contributed by atoms with Gasteiger partial charge in [-0.25, -0.2) is 0 Å². The third-order valence-corrected chi connectivity index (χ3v) is 3.32. The first kappa shape index (κ1) is 9.79. The number of hydrogen-bond donors (Lipinski definition) is 1. The van der Waals surface area contributed by atoms with Crippen LogP contribution in [-0.4, -0.2) is 6.04 Å². The molecule has 0 radical (unpaired) electrons. The molecule has 12 heavy (non-hydrogen) atoms. The smallest absolute Gasteiger partial charge is 0.0153 e. The predicted molar refractivity (Wildman–Crippen MR) is 53.9 cm³/mol. The molecule has 1 saturated carbocycles. The Morgan fingerprint density at radius 1 is 1.33 bits per heavy atom. The second kappa shape index (κ2) is 3.61. The Labute approximate surface area is 76.0 Å². The Hall–Kier alpha value is -0.300. The van der Waals surface area contributed by atoms with E-state index < -0.39 is 0 Å². The summed E-state index contributed by atoms with van der Waals surface area (Å²) in [4.78, 5) is 0. The van der Waals surface area contributed by atoms with Crippen molar-refractivity contribution >= 4 is 0 Å². The van der Waals surface area contributed by atoms with Crippen LogP contribution in [0.1, 0.15) is 39.5 Å². The highest BCUT2D eigenvalue weighted by Crippen LogP contribution is 2.43. The Morgan fingerprint density at radius 3 is 2.17 bits per heavy atom. The standard InChI is InChI=1S/C11H21N/c1-4-11(7-5-6-8-11)10(12)9(2)3/h4,9-10H,1,5-8,12H2,2-3H3. The molecule has 0 aromatic carbocycles. The van der Waals surface area contributed by atoms with Crippen LogP contribution >= 0.6 is 0 Å². The Bertz CT molecular complexity index is 154. The fourth-order valence-corrected chi connectivity index (χ4v) is 2.37. The SMILES string of the molecule is C=CC1(C(N)C(C)C)CCCC1. The fraction of sp³-hybridized carbons (Fsp3) is 0.818. The van der Waals surface area contributed by atoms with Crippen molar-refractivity contribution in [2.45, 2.75) is 45.6 Å². The highest BCUT2D eigenvalue weighted by molar-refractivity contribution is 5.05. The van der Waals surface area contributed by atoms with Gasteiger partial charge in [-0.05, 0) is 18.8 Å². The van der Waals surface area contributed by atoms with Crippen LogP contribution in [0.15, 0.2) is 12.7 Å². The van der Waals surface area contributed by atoms with Gasteiger partial charge in [-0.1, -0.05) is 32.8 Å². The minimum absolute atomic E-state index is 0.258. The summed E-state index contributed by atoms with van der Waals surface area (Å²) in [5.41, 5.74) is 6.45. The van der Waals surface area contributed by atoms with E-state index in [0.717, 1.165) is 0 Å². The van der Waals surface area contributed by atoms with Gasteiger partial charge in [0.15, 0.2) is 0 Å². The average molecular weight is 167 g/mol. The lowest BCUT2D eigenvalue weighted by molar-refractivity contribution is 0.254. The van der Waals surface area contributed by atoms with Crippen LogP contribution < -0.4 is 5.73 Å². The molecule has 1 fully saturated rings. The lowest BCUT2D eigenvalue weighted by atomic mass is 9.74. The molecule has 1 aliphatic carbocycles. The number of hydrogen-bond acceptors (Lipinski definition) is 1. The van der Waals surface area contributed by atoms with Gasteiger partial charge in [-0.2, -0.15) is 0 Å². The van der Waals surface area contributed by atoms with Gasteiger partial charge in [0.1, 0.15) is 0 Å². The molecular weight excluding hydrogens is 146 g/mol. The van der Waals surface area contributed by atoms with Gasteiger partial charge in [0, 0.05) is 11.5 Å². The highest BCUT2D eigenvalue weighted by atomic mass is 14.7. The first-order valence-electron chi connectivity index (χ1n) is 5.01. The molecule has 0 saturated heterocycles. The molecule has 2 N–H and O–H groups in total. The van der Waals surface area contributed by atoms with Gasteiger partial charge < -0.3 is 5.73 Å². The van der Waals surface area contributed by atoms with Crippen molar-refractivity contribution in [1.29, 1.82) is 0 Å². The van der Waals surface area contributed by atoms with Gasteiger partial charge in [0.25, 0.3) is 0 Å². The van der Waals surface area contributed by atoms with E-state index in [1.165, 1.54) is 25.7 Å². The van der Waals surface area contributed by atoms with Crippen molar-refractivity contribution in [3.63, 3.8) is 0 Å². The van der Waals surface area contributed by atoms with Gasteiger partial charge in [0.05, 0.1) is 0 Å². The van der Waals surface area contributed by atoms with E-state index in [9.17, 15) is 0 Å². The van der Waals surface area contributed by atoms with Crippen molar-refractivity contribution < 1.29 is 0 Å². The van der Waals surface area contributed by atoms with Crippen molar-refractivity contribution in [2.24, 2.45) is 17.1 Å². The summed E-state index contributed by atoms with van der Waals surface area (Å²) in [6, 6.07) is 0.303. The molecule has 1 aliphatic rings. The molecule has 1 nitrogen and oxygen atoms in total. The Kier molecular flexibility index (Phi) is 2.94. The van der Waals surface area contributed by atoms with Crippen LogP contribution in [0, 0.1) is 11.3 Å².